The number of aromatic nitrogens is 2. The van der Waals surface area contributed by atoms with E-state index in [2.05, 4.69) is 12.2 Å². The van der Waals surface area contributed by atoms with E-state index in [9.17, 15) is 4.79 Å². The Morgan fingerprint density at radius 1 is 1.22 bits per heavy atom. The van der Waals surface area contributed by atoms with Gasteiger partial charge >= 0.3 is 0 Å². The highest BCUT2D eigenvalue weighted by molar-refractivity contribution is 5.75. The average Bonchev–Trinajstić information content (AvgIpc) is 2.73. The minimum absolute atomic E-state index is 0.0970. The van der Waals surface area contributed by atoms with Crippen LogP contribution in [0.15, 0.2) is 18.7 Å². The second-order valence-corrected chi connectivity index (χ2v) is 4.87. The smallest absolute Gasteiger partial charge is 0.262 e. The maximum Gasteiger partial charge on any atom is 0.262 e. The van der Waals surface area contributed by atoms with E-state index in [1.54, 1.807) is 0 Å². The summed E-state index contributed by atoms with van der Waals surface area (Å²) in [6.45, 7) is 3.44. The molecule has 1 amide bonds. The molecule has 102 valence electrons. The molecule has 18 heavy (non-hydrogen) atoms. The zero-order valence-electron chi connectivity index (χ0n) is 11.7. The van der Waals surface area contributed by atoms with Crippen LogP contribution >= 0.6 is 0 Å². The summed E-state index contributed by atoms with van der Waals surface area (Å²) in [5.41, 5.74) is 0. The molecule has 0 aromatic carbocycles. The van der Waals surface area contributed by atoms with Gasteiger partial charge in [-0.2, -0.15) is 0 Å². The number of aryl methyl sites for hydroxylation is 1. The molecule has 0 aliphatic carbocycles. The van der Waals surface area contributed by atoms with Crippen LogP contribution in [0.4, 0.5) is 0 Å². The maximum atomic E-state index is 11.6. The third-order valence-corrected chi connectivity index (χ3v) is 3.00. The van der Waals surface area contributed by atoms with Crippen molar-refractivity contribution in [2.24, 2.45) is 7.05 Å². The van der Waals surface area contributed by atoms with Crippen LogP contribution in [0.5, 0.6) is 0 Å². The van der Waals surface area contributed by atoms with E-state index in [-0.39, 0.29) is 5.91 Å². The summed E-state index contributed by atoms with van der Waals surface area (Å²) < 4.78 is 3.82. The number of imidazole rings is 1. The van der Waals surface area contributed by atoms with Crippen LogP contribution in [0, 0.1) is 0 Å². The van der Waals surface area contributed by atoms with Crippen LogP contribution in [0.25, 0.3) is 0 Å². The standard InChI is InChI=1S/C14H25N3O/c1-3-4-5-6-7-8-9-15-14(18)12-17-11-10-16(2)13-17/h10-11,13H,3-9,12H2,1-2H3/p+1. The summed E-state index contributed by atoms with van der Waals surface area (Å²) in [6, 6.07) is 0. The van der Waals surface area contributed by atoms with Crippen molar-refractivity contribution in [1.29, 1.82) is 0 Å². The molecule has 1 heterocycles. The van der Waals surface area contributed by atoms with Gasteiger partial charge in [-0.1, -0.05) is 39.0 Å². The van der Waals surface area contributed by atoms with Crippen molar-refractivity contribution in [3.63, 3.8) is 0 Å². The van der Waals surface area contributed by atoms with E-state index < -0.39 is 0 Å². The first kappa shape index (κ1) is 14.7. The molecule has 1 N–H and O–H groups in total. The molecule has 0 aliphatic rings. The Morgan fingerprint density at radius 3 is 2.61 bits per heavy atom. The molecule has 0 fully saturated rings. The summed E-state index contributed by atoms with van der Waals surface area (Å²) in [5.74, 6) is 0.0970. The lowest BCUT2D eigenvalue weighted by Gasteiger charge is -2.03. The van der Waals surface area contributed by atoms with Gasteiger partial charge in [0.25, 0.3) is 5.91 Å². The molecule has 0 unspecified atom stereocenters. The van der Waals surface area contributed by atoms with Crippen LogP contribution in [-0.4, -0.2) is 17.0 Å². The number of amides is 1. The number of carbonyl (C=O) groups is 1. The van der Waals surface area contributed by atoms with E-state index in [1.165, 1.54) is 32.1 Å². The number of nitrogens with one attached hydrogen (secondary N) is 1. The number of carbonyl (C=O) groups excluding carboxylic acids is 1. The quantitative estimate of drug-likeness (QED) is 0.528. The Morgan fingerprint density at radius 2 is 1.94 bits per heavy atom. The fourth-order valence-electron chi connectivity index (χ4n) is 1.95. The minimum Gasteiger partial charge on any atom is -0.353 e. The van der Waals surface area contributed by atoms with E-state index in [4.69, 9.17) is 0 Å². The van der Waals surface area contributed by atoms with E-state index >= 15 is 0 Å². The highest BCUT2D eigenvalue weighted by Crippen LogP contribution is 2.03. The lowest BCUT2D eigenvalue weighted by molar-refractivity contribution is -0.671. The first-order chi connectivity index (χ1) is 8.72. The predicted octanol–water partition coefficient (Wildman–Crippen LogP) is 1.79. The van der Waals surface area contributed by atoms with Crippen LogP contribution < -0.4 is 9.88 Å². The van der Waals surface area contributed by atoms with Gasteiger partial charge in [-0.05, 0) is 6.42 Å². The summed E-state index contributed by atoms with van der Waals surface area (Å²) in [4.78, 5) is 11.6. The molecule has 0 radical (unpaired) electrons. The van der Waals surface area contributed by atoms with Gasteiger partial charge in [-0.15, -0.1) is 0 Å². The molecule has 1 rings (SSSR count). The molecule has 1 aromatic heterocycles. The molecule has 1 aromatic rings. The number of nitrogens with zero attached hydrogens (tertiary/aromatic N) is 2. The third-order valence-electron chi connectivity index (χ3n) is 3.00. The van der Waals surface area contributed by atoms with Gasteiger partial charge in [-0.25, -0.2) is 9.13 Å². The van der Waals surface area contributed by atoms with Gasteiger partial charge < -0.3 is 5.32 Å². The molecule has 0 saturated heterocycles. The van der Waals surface area contributed by atoms with Gasteiger partial charge in [0, 0.05) is 6.54 Å². The monoisotopic (exact) mass is 252 g/mol. The molecule has 4 heteroatoms. The molecule has 0 saturated carbocycles. The molecule has 0 spiro atoms. The Labute approximate surface area is 110 Å². The molecular formula is C14H26N3O+. The first-order valence-electron chi connectivity index (χ1n) is 7.00. The van der Waals surface area contributed by atoms with Crippen molar-refractivity contribution in [3.05, 3.63) is 18.7 Å². The topological polar surface area (TPSA) is 37.9 Å². The molecule has 4 nitrogen and oxygen atoms in total. The highest BCUT2D eigenvalue weighted by Gasteiger charge is 2.06. The first-order valence-corrected chi connectivity index (χ1v) is 7.00. The number of rotatable bonds is 9. The van der Waals surface area contributed by atoms with Crippen molar-refractivity contribution < 1.29 is 9.36 Å². The normalized spacial score (nSPS) is 10.6. The predicted molar refractivity (Wildman–Crippen MR) is 72.0 cm³/mol. The van der Waals surface area contributed by atoms with Crippen LogP contribution in [0.2, 0.25) is 0 Å². The zero-order chi connectivity index (χ0) is 13.2. The number of unbranched alkanes of at least 4 members (excludes halogenated alkanes) is 5. The molecule has 0 aliphatic heterocycles. The van der Waals surface area contributed by atoms with Crippen molar-refractivity contribution in [2.45, 2.75) is 52.0 Å². The fourth-order valence-corrected chi connectivity index (χ4v) is 1.95. The number of hydrogen-bond acceptors (Lipinski definition) is 1. The second kappa shape index (κ2) is 8.72. The van der Waals surface area contributed by atoms with Gasteiger partial charge in [0.15, 0.2) is 6.54 Å². The minimum atomic E-state index is 0.0970. The van der Waals surface area contributed by atoms with Crippen molar-refractivity contribution in [2.75, 3.05) is 6.54 Å². The third kappa shape index (κ3) is 6.42. The van der Waals surface area contributed by atoms with Gasteiger partial charge in [-0.3, -0.25) is 4.79 Å². The number of hydrogen-bond donors (Lipinski definition) is 1. The molecule has 0 atom stereocenters. The van der Waals surface area contributed by atoms with E-state index in [1.807, 2.05) is 34.9 Å². The zero-order valence-corrected chi connectivity index (χ0v) is 11.7. The van der Waals surface area contributed by atoms with Crippen LogP contribution in [0.3, 0.4) is 0 Å². The molecular weight excluding hydrogens is 226 g/mol. The summed E-state index contributed by atoms with van der Waals surface area (Å²) in [7, 11) is 1.95. The summed E-state index contributed by atoms with van der Waals surface area (Å²) in [6.07, 6.45) is 13.3. The Balaban J connectivity index is 2.00. The average molecular weight is 252 g/mol. The second-order valence-electron chi connectivity index (χ2n) is 4.87. The lowest BCUT2D eigenvalue weighted by Crippen LogP contribution is -2.29. The van der Waals surface area contributed by atoms with E-state index in [0.29, 0.717) is 6.54 Å². The fraction of sp³-hybridized carbons (Fsp3) is 0.714. The van der Waals surface area contributed by atoms with Gasteiger partial charge in [0.05, 0.1) is 7.05 Å². The summed E-state index contributed by atoms with van der Waals surface area (Å²) >= 11 is 0. The molecule has 0 bridgehead atoms. The van der Waals surface area contributed by atoms with Gasteiger partial charge in [0.1, 0.15) is 12.4 Å². The Hall–Kier alpha value is -1.32. The SMILES string of the molecule is CCCCCCCCNC(=O)Cn1cc[n+](C)c1. The Kier molecular flexibility index (Phi) is 7.14. The summed E-state index contributed by atoms with van der Waals surface area (Å²) in [5, 5.41) is 2.96. The lowest BCUT2D eigenvalue weighted by atomic mass is 10.1. The van der Waals surface area contributed by atoms with Crippen molar-refractivity contribution >= 4 is 5.91 Å². The van der Waals surface area contributed by atoms with Crippen LogP contribution in [0.1, 0.15) is 45.4 Å². The van der Waals surface area contributed by atoms with Crippen molar-refractivity contribution in [3.8, 4) is 0 Å². The van der Waals surface area contributed by atoms with Gasteiger partial charge in [0.2, 0.25) is 6.33 Å². The van der Waals surface area contributed by atoms with Crippen LogP contribution in [-0.2, 0) is 18.4 Å². The highest BCUT2D eigenvalue weighted by atomic mass is 16.1. The Bertz CT molecular complexity index is 347. The largest absolute Gasteiger partial charge is 0.353 e. The van der Waals surface area contributed by atoms with Crippen molar-refractivity contribution in [1.82, 2.24) is 9.88 Å². The maximum absolute atomic E-state index is 11.6. The van der Waals surface area contributed by atoms with E-state index in [0.717, 1.165) is 13.0 Å².